The number of aryl methyl sites for hydroxylation is 1. The molecule has 1 aromatic heterocycles. The van der Waals surface area contributed by atoms with Gasteiger partial charge < -0.3 is 17.0 Å². The predicted molar refractivity (Wildman–Crippen MR) is 100.0 cm³/mol. The molecular weight excluding hydrogens is 370 g/mol. The molecule has 0 aliphatic heterocycles. The van der Waals surface area contributed by atoms with Crippen LogP contribution < -0.4 is 21.5 Å². The first-order valence-electron chi connectivity index (χ1n) is 8.98. The van der Waals surface area contributed by atoms with Crippen LogP contribution in [0.1, 0.15) is 48.9 Å². The summed E-state index contributed by atoms with van der Waals surface area (Å²) in [6, 6.07) is 26.2. The van der Waals surface area contributed by atoms with E-state index in [9.17, 15) is 0 Å². The molecule has 1 heterocycles. The molecule has 0 amide bonds. The van der Waals surface area contributed by atoms with Crippen LogP contribution in [-0.2, 0) is 6.42 Å². The Bertz CT molecular complexity index is 684. The molecular formula is C23H26BrN. The van der Waals surface area contributed by atoms with Crippen molar-refractivity contribution in [1.82, 2.24) is 0 Å². The Balaban J connectivity index is 0.00000225. The minimum Gasteiger partial charge on any atom is -1.00 e. The molecule has 3 rings (SSSR count). The largest absolute Gasteiger partial charge is 1.00 e. The van der Waals surface area contributed by atoms with Crippen LogP contribution in [0.2, 0.25) is 0 Å². The first-order valence-corrected chi connectivity index (χ1v) is 8.98. The van der Waals surface area contributed by atoms with E-state index in [0.29, 0.717) is 0 Å². The molecule has 0 fully saturated rings. The molecule has 2 heteroatoms. The molecule has 0 atom stereocenters. The highest BCUT2D eigenvalue weighted by Crippen LogP contribution is 2.21. The van der Waals surface area contributed by atoms with Gasteiger partial charge in [-0.3, -0.25) is 0 Å². The van der Waals surface area contributed by atoms with Gasteiger partial charge in [-0.2, -0.15) is 4.57 Å². The van der Waals surface area contributed by atoms with Crippen molar-refractivity contribution < 1.29 is 21.5 Å². The lowest BCUT2D eigenvalue weighted by molar-refractivity contribution is -0.704. The third-order valence-electron chi connectivity index (χ3n) is 4.52. The number of rotatable bonds is 7. The van der Waals surface area contributed by atoms with Gasteiger partial charge in [0.1, 0.15) is 0 Å². The fourth-order valence-corrected chi connectivity index (χ4v) is 3.19. The number of halogens is 1. The maximum atomic E-state index is 2.31. The van der Waals surface area contributed by atoms with Crippen LogP contribution in [0.5, 0.6) is 0 Å². The number of hydrogen-bond acceptors (Lipinski definition) is 0. The number of pyridine rings is 1. The van der Waals surface area contributed by atoms with E-state index in [4.69, 9.17) is 0 Å². The number of unbranched alkanes of at least 4 members (excludes halogenated alkanes) is 2. The van der Waals surface area contributed by atoms with Crippen molar-refractivity contribution in [3.05, 3.63) is 102 Å². The second kappa shape index (κ2) is 10.1. The van der Waals surface area contributed by atoms with Crippen molar-refractivity contribution in [2.24, 2.45) is 0 Å². The number of nitrogens with zero attached hydrogens (tertiary/aromatic N) is 1. The minimum atomic E-state index is 0. The Morgan fingerprint density at radius 1 is 0.720 bits per heavy atom. The number of aromatic nitrogens is 1. The predicted octanol–water partition coefficient (Wildman–Crippen LogP) is 2.35. The Morgan fingerprint density at radius 3 is 1.72 bits per heavy atom. The van der Waals surface area contributed by atoms with Gasteiger partial charge in [0, 0.05) is 23.3 Å². The molecule has 0 saturated heterocycles. The molecule has 0 unspecified atom stereocenters. The summed E-state index contributed by atoms with van der Waals surface area (Å²) in [7, 11) is 0. The zero-order valence-corrected chi connectivity index (χ0v) is 16.4. The maximum Gasteiger partial charge on any atom is 0.208 e. The van der Waals surface area contributed by atoms with Gasteiger partial charge in [0.05, 0.1) is 0 Å². The van der Waals surface area contributed by atoms with E-state index in [0.717, 1.165) is 0 Å². The van der Waals surface area contributed by atoms with Gasteiger partial charge in [0.2, 0.25) is 6.04 Å². The summed E-state index contributed by atoms with van der Waals surface area (Å²) >= 11 is 0. The molecule has 2 aromatic carbocycles. The van der Waals surface area contributed by atoms with E-state index in [1.807, 2.05) is 0 Å². The van der Waals surface area contributed by atoms with E-state index in [2.05, 4.69) is 96.7 Å². The summed E-state index contributed by atoms with van der Waals surface area (Å²) in [6.45, 7) is 2.25. The van der Waals surface area contributed by atoms with Crippen molar-refractivity contribution in [2.75, 3.05) is 0 Å². The normalized spacial score (nSPS) is 10.5. The lowest BCUT2D eigenvalue weighted by Crippen LogP contribution is -3.00. The van der Waals surface area contributed by atoms with Crippen molar-refractivity contribution in [2.45, 2.75) is 38.6 Å². The number of hydrogen-bond donors (Lipinski definition) is 0. The summed E-state index contributed by atoms with van der Waals surface area (Å²) in [5, 5.41) is 0. The van der Waals surface area contributed by atoms with Crippen molar-refractivity contribution >= 4 is 0 Å². The fourth-order valence-electron chi connectivity index (χ4n) is 3.19. The highest BCUT2D eigenvalue weighted by atomic mass is 79.9. The first kappa shape index (κ1) is 19.4. The van der Waals surface area contributed by atoms with E-state index in [1.54, 1.807) is 0 Å². The van der Waals surface area contributed by atoms with Gasteiger partial charge in [-0.25, -0.2) is 0 Å². The number of benzene rings is 2. The van der Waals surface area contributed by atoms with Crippen LogP contribution >= 0.6 is 0 Å². The maximum absolute atomic E-state index is 2.31. The highest BCUT2D eigenvalue weighted by molar-refractivity contribution is 5.29. The molecule has 1 nitrogen and oxygen atoms in total. The molecule has 0 aliphatic carbocycles. The highest BCUT2D eigenvalue weighted by Gasteiger charge is 2.22. The summed E-state index contributed by atoms with van der Waals surface area (Å²) in [5.74, 6) is 0. The Kier molecular flexibility index (Phi) is 7.87. The van der Waals surface area contributed by atoms with Crippen LogP contribution in [0.25, 0.3) is 0 Å². The zero-order chi connectivity index (χ0) is 16.6. The molecule has 0 N–H and O–H groups in total. The topological polar surface area (TPSA) is 3.88 Å². The fraction of sp³-hybridized carbons (Fsp3) is 0.261. The van der Waals surface area contributed by atoms with Crippen LogP contribution in [0, 0.1) is 0 Å². The standard InChI is InChI=1S/C23H26N.BrH/c1-2-3-6-11-20-16-18-24(19-17-20)23(21-12-7-4-8-13-21)22-14-9-5-10-15-22;/h4-5,7-10,12-19,23H,2-3,6,11H2,1H3;1H/q+1;/p-1. The second-order valence-corrected chi connectivity index (χ2v) is 6.33. The Labute approximate surface area is 162 Å². The quantitative estimate of drug-likeness (QED) is 0.427. The van der Waals surface area contributed by atoms with Gasteiger partial charge >= 0.3 is 0 Å². The van der Waals surface area contributed by atoms with E-state index in [1.165, 1.54) is 42.4 Å². The lowest BCUT2D eigenvalue weighted by Gasteiger charge is -2.14. The van der Waals surface area contributed by atoms with E-state index < -0.39 is 0 Å². The lowest BCUT2D eigenvalue weighted by atomic mass is 9.98. The zero-order valence-electron chi connectivity index (χ0n) is 14.8. The van der Waals surface area contributed by atoms with Crippen LogP contribution in [0.4, 0.5) is 0 Å². The monoisotopic (exact) mass is 395 g/mol. The van der Waals surface area contributed by atoms with Crippen LogP contribution in [0.15, 0.2) is 85.2 Å². The smallest absolute Gasteiger partial charge is 0.208 e. The second-order valence-electron chi connectivity index (χ2n) is 6.33. The van der Waals surface area contributed by atoms with Gasteiger partial charge in [-0.1, -0.05) is 80.4 Å². The average molecular weight is 396 g/mol. The first-order chi connectivity index (χ1) is 11.9. The van der Waals surface area contributed by atoms with Gasteiger partial charge in [0.25, 0.3) is 0 Å². The third-order valence-corrected chi connectivity index (χ3v) is 4.52. The molecule has 25 heavy (non-hydrogen) atoms. The Morgan fingerprint density at radius 2 is 1.24 bits per heavy atom. The average Bonchev–Trinajstić information content (AvgIpc) is 2.65. The van der Waals surface area contributed by atoms with Crippen molar-refractivity contribution in [1.29, 1.82) is 0 Å². The summed E-state index contributed by atoms with van der Waals surface area (Å²) in [6.07, 6.45) is 9.50. The van der Waals surface area contributed by atoms with Gasteiger partial charge in [-0.15, -0.1) is 0 Å². The van der Waals surface area contributed by atoms with Gasteiger partial charge in [0.15, 0.2) is 12.4 Å². The molecule has 0 aliphatic rings. The summed E-state index contributed by atoms with van der Waals surface area (Å²) < 4.78 is 2.31. The van der Waals surface area contributed by atoms with Gasteiger partial charge in [-0.05, 0) is 18.4 Å². The molecule has 0 radical (unpaired) electrons. The molecule has 3 aromatic rings. The molecule has 0 saturated carbocycles. The molecule has 0 bridgehead atoms. The van der Waals surface area contributed by atoms with E-state index in [-0.39, 0.29) is 23.0 Å². The van der Waals surface area contributed by atoms with Crippen LogP contribution in [0.3, 0.4) is 0 Å². The molecule has 130 valence electrons. The van der Waals surface area contributed by atoms with Crippen molar-refractivity contribution in [3.63, 3.8) is 0 Å². The SMILES string of the molecule is CCCCCc1cc[n+](C(c2ccccc2)c2ccccc2)cc1.[Br-]. The van der Waals surface area contributed by atoms with Crippen LogP contribution in [-0.4, -0.2) is 0 Å². The molecule has 0 spiro atoms. The van der Waals surface area contributed by atoms with Crippen molar-refractivity contribution in [3.8, 4) is 0 Å². The minimum absolute atomic E-state index is 0. The third kappa shape index (κ3) is 5.27. The van der Waals surface area contributed by atoms with E-state index >= 15 is 0 Å². The Hall–Kier alpha value is -1.93. The summed E-state index contributed by atoms with van der Waals surface area (Å²) in [5.41, 5.74) is 4.06. The summed E-state index contributed by atoms with van der Waals surface area (Å²) in [4.78, 5) is 0.